The van der Waals surface area contributed by atoms with Gasteiger partial charge < -0.3 is 11.1 Å². The van der Waals surface area contributed by atoms with E-state index < -0.39 is 11.6 Å². The molecular weight excluding hydrogens is 198 g/mol. The summed E-state index contributed by atoms with van der Waals surface area (Å²) >= 11 is 0. The summed E-state index contributed by atoms with van der Waals surface area (Å²) in [4.78, 5) is 0. The fraction of sp³-hybridized carbons (Fsp3) is 0.455. The third-order valence-corrected chi connectivity index (χ3v) is 2.60. The van der Waals surface area contributed by atoms with Gasteiger partial charge in [-0.2, -0.15) is 0 Å². The van der Waals surface area contributed by atoms with E-state index in [2.05, 4.69) is 5.32 Å². The normalized spacial score (nSPS) is 17.8. The number of halogens is 2. The summed E-state index contributed by atoms with van der Waals surface area (Å²) in [5, 5.41) is 3.29. The minimum atomic E-state index is -0.819. The molecule has 1 fully saturated rings. The maximum atomic E-state index is 13.0. The van der Waals surface area contributed by atoms with E-state index in [1.54, 1.807) is 6.07 Å². The molecule has 1 saturated carbocycles. The average molecular weight is 212 g/mol. The van der Waals surface area contributed by atoms with Gasteiger partial charge in [-0.25, -0.2) is 8.78 Å². The maximum absolute atomic E-state index is 13.0. The Kier molecular flexibility index (Phi) is 2.98. The van der Waals surface area contributed by atoms with E-state index in [1.807, 2.05) is 0 Å². The molecule has 1 unspecified atom stereocenters. The van der Waals surface area contributed by atoms with Crippen LogP contribution in [0.2, 0.25) is 0 Å². The second-order valence-electron chi connectivity index (χ2n) is 3.90. The summed E-state index contributed by atoms with van der Waals surface area (Å²) < 4.78 is 25.7. The quantitative estimate of drug-likeness (QED) is 0.797. The number of rotatable bonds is 4. The molecule has 0 spiro atoms. The molecule has 1 atom stereocenters. The van der Waals surface area contributed by atoms with Crippen molar-refractivity contribution in [2.24, 2.45) is 5.73 Å². The number of hydrogen-bond acceptors (Lipinski definition) is 2. The lowest BCUT2D eigenvalue weighted by Crippen LogP contribution is -2.29. The van der Waals surface area contributed by atoms with Crippen LogP contribution < -0.4 is 11.1 Å². The molecule has 4 heteroatoms. The smallest absolute Gasteiger partial charge is 0.159 e. The lowest BCUT2D eigenvalue weighted by atomic mass is 10.1. The van der Waals surface area contributed by atoms with Crippen LogP contribution in [0.15, 0.2) is 18.2 Å². The number of nitrogens with one attached hydrogen (secondary N) is 1. The Bertz CT molecular complexity index is 350. The number of hydrogen-bond donors (Lipinski definition) is 2. The van der Waals surface area contributed by atoms with Crippen molar-refractivity contribution in [3.05, 3.63) is 35.4 Å². The van der Waals surface area contributed by atoms with E-state index in [0.717, 1.165) is 18.9 Å². The highest BCUT2D eigenvalue weighted by molar-refractivity contribution is 5.22. The number of benzene rings is 1. The van der Waals surface area contributed by atoms with Gasteiger partial charge in [0.15, 0.2) is 11.6 Å². The van der Waals surface area contributed by atoms with Crippen LogP contribution in [0.3, 0.4) is 0 Å². The van der Waals surface area contributed by atoms with Gasteiger partial charge in [0, 0.05) is 18.6 Å². The van der Waals surface area contributed by atoms with Gasteiger partial charge in [-0.05, 0) is 30.5 Å². The Morgan fingerprint density at radius 3 is 2.60 bits per heavy atom. The third-order valence-electron chi connectivity index (χ3n) is 2.60. The molecular formula is C11H14F2N2. The highest BCUT2D eigenvalue weighted by Gasteiger charge is 2.24. The molecule has 0 amide bonds. The SMILES string of the molecule is NCC(NC1CC1)c1ccc(F)c(F)c1. The molecule has 0 aromatic heterocycles. The molecule has 0 aliphatic heterocycles. The molecule has 1 aromatic rings. The largest absolute Gasteiger partial charge is 0.329 e. The van der Waals surface area contributed by atoms with Gasteiger partial charge in [-0.3, -0.25) is 0 Å². The first-order valence-corrected chi connectivity index (χ1v) is 5.12. The Labute approximate surface area is 87.5 Å². The number of nitrogens with two attached hydrogens (primary N) is 1. The van der Waals surface area contributed by atoms with E-state index in [9.17, 15) is 8.78 Å². The maximum Gasteiger partial charge on any atom is 0.159 e. The van der Waals surface area contributed by atoms with Crippen LogP contribution in [-0.4, -0.2) is 12.6 Å². The van der Waals surface area contributed by atoms with Crippen molar-refractivity contribution < 1.29 is 8.78 Å². The van der Waals surface area contributed by atoms with Gasteiger partial charge in [-0.15, -0.1) is 0 Å². The Morgan fingerprint density at radius 1 is 1.33 bits per heavy atom. The third kappa shape index (κ3) is 2.52. The molecule has 2 nitrogen and oxygen atoms in total. The zero-order chi connectivity index (χ0) is 10.8. The first-order valence-electron chi connectivity index (χ1n) is 5.12. The summed E-state index contributed by atoms with van der Waals surface area (Å²) in [7, 11) is 0. The molecule has 0 radical (unpaired) electrons. The Balaban J connectivity index is 2.13. The summed E-state index contributed by atoms with van der Waals surface area (Å²) in [6.45, 7) is 0.390. The summed E-state index contributed by atoms with van der Waals surface area (Å²) in [6, 6.07) is 4.34. The molecule has 2 rings (SSSR count). The lowest BCUT2D eigenvalue weighted by Gasteiger charge is -2.16. The molecule has 15 heavy (non-hydrogen) atoms. The van der Waals surface area contributed by atoms with Gasteiger partial charge >= 0.3 is 0 Å². The van der Waals surface area contributed by atoms with Crippen molar-refractivity contribution in [2.45, 2.75) is 24.9 Å². The predicted molar refractivity (Wildman–Crippen MR) is 54.3 cm³/mol. The van der Waals surface area contributed by atoms with Crippen molar-refractivity contribution in [2.75, 3.05) is 6.54 Å². The Morgan fingerprint density at radius 2 is 2.07 bits per heavy atom. The van der Waals surface area contributed by atoms with Crippen molar-refractivity contribution in [3.8, 4) is 0 Å². The first kappa shape index (κ1) is 10.5. The van der Waals surface area contributed by atoms with Gasteiger partial charge in [-0.1, -0.05) is 6.07 Å². The molecule has 3 N–H and O–H groups in total. The fourth-order valence-electron chi connectivity index (χ4n) is 1.56. The summed E-state index contributed by atoms with van der Waals surface area (Å²) in [6.07, 6.45) is 2.28. The predicted octanol–water partition coefficient (Wildman–Crippen LogP) is 1.72. The molecule has 0 heterocycles. The zero-order valence-electron chi connectivity index (χ0n) is 8.34. The second kappa shape index (κ2) is 4.24. The van der Waals surface area contributed by atoms with Crippen LogP contribution in [0.5, 0.6) is 0 Å². The first-order chi connectivity index (χ1) is 7.20. The highest BCUT2D eigenvalue weighted by atomic mass is 19.2. The van der Waals surface area contributed by atoms with Crippen LogP contribution in [0, 0.1) is 11.6 Å². The minimum Gasteiger partial charge on any atom is -0.329 e. The summed E-state index contributed by atoms with van der Waals surface area (Å²) in [5.74, 6) is -1.63. The second-order valence-corrected chi connectivity index (χ2v) is 3.90. The fourth-order valence-corrected chi connectivity index (χ4v) is 1.56. The monoisotopic (exact) mass is 212 g/mol. The molecule has 82 valence electrons. The van der Waals surface area contributed by atoms with Crippen molar-refractivity contribution >= 4 is 0 Å². The average Bonchev–Trinajstić information content (AvgIpc) is 3.02. The van der Waals surface area contributed by atoms with E-state index in [4.69, 9.17) is 5.73 Å². The Hall–Kier alpha value is -1.00. The molecule has 0 saturated heterocycles. The van der Waals surface area contributed by atoms with Gasteiger partial charge in [0.2, 0.25) is 0 Å². The summed E-state index contributed by atoms with van der Waals surface area (Å²) in [5.41, 5.74) is 6.30. The van der Waals surface area contributed by atoms with Crippen LogP contribution in [0.1, 0.15) is 24.4 Å². The molecule has 1 aliphatic rings. The van der Waals surface area contributed by atoms with E-state index in [0.29, 0.717) is 18.2 Å². The van der Waals surface area contributed by atoms with E-state index in [1.165, 1.54) is 6.07 Å². The van der Waals surface area contributed by atoms with Crippen molar-refractivity contribution in [3.63, 3.8) is 0 Å². The zero-order valence-corrected chi connectivity index (χ0v) is 8.34. The minimum absolute atomic E-state index is 0.0763. The molecule has 1 aliphatic carbocycles. The highest BCUT2D eigenvalue weighted by Crippen LogP contribution is 2.24. The van der Waals surface area contributed by atoms with Gasteiger partial charge in [0.05, 0.1) is 0 Å². The topological polar surface area (TPSA) is 38.0 Å². The van der Waals surface area contributed by atoms with Crippen LogP contribution in [-0.2, 0) is 0 Å². The van der Waals surface area contributed by atoms with Gasteiger partial charge in [0.25, 0.3) is 0 Å². The van der Waals surface area contributed by atoms with Crippen LogP contribution in [0.25, 0.3) is 0 Å². The standard InChI is InChI=1S/C11H14F2N2/c12-9-4-1-7(5-10(9)13)11(6-14)15-8-2-3-8/h1,4-5,8,11,15H,2-3,6,14H2. The van der Waals surface area contributed by atoms with Crippen LogP contribution >= 0.6 is 0 Å². The van der Waals surface area contributed by atoms with E-state index in [-0.39, 0.29) is 6.04 Å². The van der Waals surface area contributed by atoms with Crippen molar-refractivity contribution in [1.82, 2.24) is 5.32 Å². The van der Waals surface area contributed by atoms with E-state index >= 15 is 0 Å². The lowest BCUT2D eigenvalue weighted by molar-refractivity contribution is 0.495. The van der Waals surface area contributed by atoms with Gasteiger partial charge in [0.1, 0.15) is 0 Å². The molecule has 0 bridgehead atoms. The van der Waals surface area contributed by atoms with Crippen molar-refractivity contribution in [1.29, 1.82) is 0 Å². The molecule has 1 aromatic carbocycles. The van der Waals surface area contributed by atoms with Crippen LogP contribution in [0.4, 0.5) is 8.78 Å².